The van der Waals surface area contributed by atoms with Crippen molar-refractivity contribution in [3.05, 3.63) is 35.9 Å². The fraction of sp³-hybridized carbons (Fsp3) is 0.625. The molecule has 124 valence electrons. The zero-order valence-corrected chi connectivity index (χ0v) is 14.3. The quantitative estimate of drug-likeness (QED) is 0.824. The van der Waals surface area contributed by atoms with E-state index in [2.05, 4.69) is 28.7 Å². The number of hydrogen-bond donors (Lipinski definition) is 1. The van der Waals surface area contributed by atoms with Gasteiger partial charge in [0.15, 0.2) is 0 Å². The number of likely N-dealkylation sites (tertiary alicyclic amines) is 1. The van der Waals surface area contributed by atoms with Crippen LogP contribution in [0.15, 0.2) is 30.3 Å². The van der Waals surface area contributed by atoms with Crippen molar-refractivity contribution in [3.63, 3.8) is 0 Å². The van der Waals surface area contributed by atoms with Gasteiger partial charge in [0.25, 0.3) is 0 Å². The Morgan fingerprint density at radius 2 is 2.00 bits per heavy atom. The highest BCUT2D eigenvalue weighted by molar-refractivity contribution is 7.89. The molecule has 0 saturated carbocycles. The lowest BCUT2D eigenvalue weighted by Crippen LogP contribution is -2.42. The first-order valence-corrected chi connectivity index (χ1v) is 9.34. The van der Waals surface area contributed by atoms with Crippen LogP contribution >= 0.6 is 0 Å². The van der Waals surface area contributed by atoms with E-state index < -0.39 is 10.0 Å². The van der Waals surface area contributed by atoms with Crippen LogP contribution in [-0.2, 0) is 21.3 Å². The lowest BCUT2D eigenvalue weighted by atomic mass is 10.1. The van der Waals surface area contributed by atoms with Crippen LogP contribution < -0.4 is 4.72 Å². The number of nitrogens with zero attached hydrogens (tertiary/aromatic N) is 1. The smallest absolute Gasteiger partial charge is 0.214 e. The minimum Gasteiger partial charge on any atom is -0.381 e. The van der Waals surface area contributed by atoms with Crippen molar-refractivity contribution in [2.45, 2.75) is 32.5 Å². The van der Waals surface area contributed by atoms with Crippen molar-refractivity contribution in [2.24, 2.45) is 5.92 Å². The second kappa shape index (κ2) is 7.55. The Hall–Kier alpha value is -0.950. The number of sulfonamides is 1. The Morgan fingerprint density at radius 1 is 1.32 bits per heavy atom. The third-order valence-corrected chi connectivity index (χ3v) is 5.69. The molecule has 0 bridgehead atoms. The van der Waals surface area contributed by atoms with Gasteiger partial charge in [0.2, 0.25) is 10.0 Å². The molecule has 1 N–H and O–H groups in total. The highest BCUT2D eigenvalue weighted by atomic mass is 32.2. The minimum absolute atomic E-state index is 0.00536. The largest absolute Gasteiger partial charge is 0.381 e. The Bertz CT molecular complexity index is 562. The first kappa shape index (κ1) is 17.4. The van der Waals surface area contributed by atoms with Gasteiger partial charge in [-0.2, -0.15) is 0 Å². The zero-order chi connectivity index (χ0) is 16.2. The number of methoxy groups -OCH3 is 1. The summed E-state index contributed by atoms with van der Waals surface area (Å²) < 4.78 is 32.2. The molecule has 22 heavy (non-hydrogen) atoms. The number of nitrogens with one attached hydrogen (secondary N) is 1. The van der Waals surface area contributed by atoms with E-state index in [1.54, 1.807) is 6.92 Å². The van der Waals surface area contributed by atoms with Gasteiger partial charge in [-0.3, -0.25) is 4.90 Å². The summed E-state index contributed by atoms with van der Waals surface area (Å²) in [4.78, 5) is 2.30. The van der Waals surface area contributed by atoms with Crippen LogP contribution in [0, 0.1) is 5.92 Å². The zero-order valence-electron chi connectivity index (χ0n) is 13.5. The van der Waals surface area contributed by atoms with Gasteiger partial charge in [0.05, 0.1) is 11.9 Å². The van der Waals surface area contributed by atoms with Crippen LogP contribution in [0.25, 0.3) is 0 Å². The predicted octanol–water partition coefficient (Wildman–Crippen LogP) is 1.46. The van der Waals surface area contributed by atoms with Crippen molar-refractivity contribution in [2.75, 3.05) is 26.0 Å². The van der Waals surface area contributed by atoms with Crippen molar-refractivity contribution in [1.82, 2.24) is 9.62 Å². The van der Waals surface area contributed by atoms with Crippen molar-refractivity contribution >= 4 is 10.0 Å². The van der Waals surface area contributed by atoms with E-state index in [-0.39, 0.29) is 17.9 Å². The first-order chi connectivity index (χ1) is 10.4. The molecular weight excluding hydrogens is 300 g/mol. The standard InChI is InChI=1S/C16H26N2O3S/c1-13-9-18(10-15-7-5-4-6-8-15)11-16(13)17-22(19,20)12-14(2)21-3/h4-8,13-14,16-17H,9-12H2,1-3H3/t13-,14-,16-/m1/s1. The average Bonchev–Trinajstić information content (AvgIpc) is 2.78. The Morgan fingerprint density at radius 3 is 2.64 bits per heavy atom. The lowest BCUT2D eigenvalue weighted by Gasteiger charge is -2.19. The molecule has 0 radical (unpaired) electrons. The molecule has 5 nitrogen and oxygen atoms in total. The molecular formula is C16H26N2O3S. The molecule has 1 aliphatic heterocycles. The van der Waals surface area contributed by atoms with Crippen LogP contribution in [0.2, 0.25) is 0 Å². The van der Waals surface area contributed by atoms with Gasteiger partial charge in [0, 0.05) is 32.8 Å². The first-order valence-electron chi connectivity index (χ1n) is 7.68. The van der Waals surface area contributed by atoms with Crippen LogP contribution in [0.4, 0.5) is 0 Å². The van der Waals surface area contributed by atoms with E-state index in [9.17, 15) is 8.42 Å². The summed E-state index contributed by atoms with van der Waals surface area (Å²) in [7, 11) is -1.78. The van der Waals surface area contributed by atoms with Gasteiger partial charge in [-0.1, -0.05) is 37.3 Å². The molecule has 0 aromatic heterocycles. The average molecular weight is 326 g/mol. The minimum atomic E-state index is -3.31. The topological polar surface area (TPSA) is 58.6 Å². The second-order valence-electron chi connectivity index (χ2n) is 6.21. The maximum absolute atomic E-state index is 12.2. The van der Waals surface area contributed by atoms with E-state index in [0.29, 0.717) is 5.92 Å². The second-order valence-corrected chi connectivity index (χ2v) is 8.01. The summed E-state index contributed by atoms with van der Waals surface area (Å²) >= 11 is 0. The monoisotopic (exact) mass is 326 g/mol. The molecule has 6 heteroatoms. The molecule has 1 aromatic carbocycles. The summed E-state index contributed by atoms with van der Waals surface area (Å²) in [6, 6.07) is 10.2. The van der Waals surface area contributed by atoms with Gasteiger partial charge in [0.1, 0.15) is 0 Å². The number of hydrogen-bond acceptors (Lipinski definition) is 4. The SMILES string of the molecule is CO[C@H](C)CS(=O)(=O)N[C@@H]1CN(Cc2ccccc2)C[C@H]1C. The van der Waals surface area contributed by atoms with E-state index in [1.807, 2.05) is 18.2 Å². The fourth-order valence-corrected chi connectivity index (χ4v) is 4.47. The highest BCUT2D eigenvalue weighted by Gasteiger charge is 2.32. The van der Waals surface area contributed by atoms with Gasteiger partial charge in [-0.25, -0.2) is 13.1 Å². The third kappa shape index (κ3) is 5.05. The maximum atomic E-state index is 12.2. The summed E-state index contributed by atoms with van der Waals surface area (Å²) in [6.07, 6.45) is -0.297. The molecule has 1 aliphatic rings. The van der Waals surface area contributed by atoms with Crippen molar-refractivity contribution < 1.29 is 13.2 Å². The molecule has 3 atom stereocenters. The summed E-state index contributed by atoms with van der Waals surface area (Å²) in [6.45, 7) is 6.37. The normalized spacial score (nSPS) is 24.5. The fourth-order valence-electron chi connectivity index (χ4n) is 2.85. The summed E-state index contributed by atoms with van der Waals surface area (Å²) in [5.41, 5.74) is 1.26. The van der Waals surface area contributed by atoms with Gasteiger partial charge >= 0.3 is 0 Å². The Balaban J connectivity index is 1.91. The maximum Gasteiger partial charge on any atom is 0.214 e. The highest BCUT2D eigenvalue weighted by Crippen LogP contribution is 2.19. The Labute approximate surface area is 133 Å². The third-order valence-electron chi connectivity index (χ3n) is 4.12. The molecule has 0 unspecified atom stereocenters. The Kier molecular flexibility index (Phi) is 5.97. The van der Waals surface area contributed by atoms with Gasteiger partial charge in [-0.15, -0.1) is 0 Å². The van der Waals surface area contributed by atoms with Crippen LogP contribution in [0.1, 0.15) is 19.4 Å². The van der Waals surface area contributed by atoms with Gasteiger partial charge < -0.3 is 4.74 Å². The number of rotatable bonds is 7. The van der Waals surface area contributed by atoms with Crippen LogP contribution in [0.5, 0.6) is 0 Å². The summed E-state index contributed by atoms with van der Waals surface area (Å²) in [5.74, 6) is 0.308. The van der Waals surface area contributed by atoms with Crippen molar-refractivity contribution in [1.29, 1.82) is 0 Å². The predicted molar refractivity (Wildman–Crippen MR) is 88.1 cm³/mol. The van der Waals surface area contributed by atoms with E-state index in [4.69, 9.17) is 4.74 Å². The van der Waals surface area contributed by atoms with E-state index >= 15 is 0 Å². The van der Waals surface area contributed by atoms with Gasteiger partial charge in [-0.05, 0) is 18.4 Å². The molecule has 1 saturated heterocycles. The van der Waals surface area contributed by atoms with E-state index in [0.717, 1.165) is 19.6 Å². The molecule has 0 aliphatic carbocycles. The van der Waals surface area contributed by atoms with Crippen molar-refractivity contribution in [3.8, 4) is 0 Å². The lowest BCUT2D eigenvalue weighted by molar-refractivity contribution is 0.136. The molecule has 1 aromatic rings. The van der Waals surface area contributed by atoms with Crippen LogP contribution in [0.3, 0.4) is 0 Å². The molecule has 0 amide bonds. The number of ether oxygens (including phenoxy) is 1. The molecule has 2 rings (SSSR count). The molecule has 0 spiro atoms. The molecule has 1 fully saturated rings. The van der Waals surface area contributed by atoms with Crippen LogP contribution in [-0.4, -0.2) is 51.4 Å². The molecule has 1 heterocycles. The van der Waals surface area contributed by atoms with E-state index in [1.165, 1.54) is 12.7 Å². The number of benzene rings is 1. The summed E-state index contributed by atoms with van der Waals surface area (Å²) in [5, 5.41) is 0.